The molecule has 1 N–H and O–H groups in total. The van der Waals surface area contributed by atoms with E-state index in [2.05, 4.69) is 62.5 Å². The summed E-state index contributed by atoms with van der Waals surface area (Å²) in [7, 11) is 1.49. The molecular formula is C70H133NO8P+. The minimum atomic E-state index is -4.39. The monoisotopic (exact) mass is 1150 g/mol. The normalized spacial score (nSPS) is 13.4. The summed E-state index contributed by atoms with van der Waals surface area (Å²) in [5.74, 6) is -0.783. The second-order valence-corrected chi connectivity index (χ2v) is 26.0. The van der Waals surface area contributed by atoms with Gasteiger partial charge in [0.2, 0.25) is 0 Å². The molecule has 0 spiro atoms. The van der Waals surface area contributed by atoms with Crippen molar-refractivity contribution in [1.29, 1.82) is 0 Å². The fraction of sp³-hybridized carbons (Fsp3) is 0.857. The predicted octanol–water partition coefficient (Wildman–Crippen LogP) is 22.1. The van der Waals surface area contributed by atoms with Crippen LogP contribution in [-0.2, 0) is 32.7 Å². The highest BCUT2D eigenvalue weighted by molar-refractivity contribution is 7.47. The van der Waals surface area contributed by atoms with Crippen LogP contribution in [0.25, 0.3) is 0 Å². The van der Waals surface area contributed by atoms with Gasteiger partial charge < -0.3 is 18.9 Å². The van der Waals surface area contributed by atoms with Crippen molar-refractivity contribution >= 4 is 19.8 Å². The van der Waals surface area contributed by atoms with Crippen LogP contribution in [0.3, 0.4) is 0 Å². The second kappa shape index (κ2) is 61.5. The second-order valence-electron chi connectivity index (χ2n) is 24.5. The van der Waals surface area contributed by atoms with Crippen molar-refractivity contribution in [3.63, 3.8) is 0 Å². The van der Waals surface area contributed by atoms with Gasteiger partial charge in [0.25, 0.3) is 0 Å². The highest BCUT2D eigenvalue weighted by atomic mass is 31.2. The maximum absolute atomic E-state index is 12.9. The number of hydrogen-bond acceptors (Lipinski definition) is 7. The number of ether oxygens (including phenoxy) is 2. The number of carbonyl (C=O) groups is 2. The first-order valence-electron chi connectivity index (χ1n) is 34.4. The van der Waals surface area contributed by atoms with E-state index < -0.39 is 26.5 Å². The Morgan fingerprint density at radius 2 is 0.713 bits per heavy atom. The maximum Gasteiger partial charge on any atom is 0.472 e. The minimum absolute atomic E-state index is 0.0324. The molecule has 470 valence electrons. The third-order valence-corrected chi connectivity index (χ3v) is 16.4. The summed E-state index contributed by atoms with van der Waals surface area (Å²) >= 11 is 0. The zero-order chi connectivity index (χ0) is 58.4. The molecule has 0 aliphatic carbocycles. The zero-order valence-electron chi connectivity index (χ0n) is 53.6. The maximum atomic E-state index is 12.9. The highest BCUT2D eigenvalue weighted by Crippen LogP contribution is 2.43. The van der Waals surface area contributed by atoms with Gasteiger partial charge in [0.05, 0.1) is 27.7 Å². The van der Waals surface area contributed by atoms with E-state index in [0.717, 1.165) is 64.2 Å². The van der Waals surface area contributed by atoms with Gasteiger partial charge in [-0.15, -0.1) is 0 Å². The number of phosphoric ester groups is 1. The Balaban J connectivity index is 4.00. The van der Waals surface area contributed by atoms with Gasteiger partial charge in [0.15, 0.2) is 6.10 Å². The lowest BCUT2D eigenvalue weighted by Gasteiger charge is -2.24. The molecule has 0 rings (SSSR count). The van der Waals surface area contributed by atoms with Crippen molar-refractivity contribution in [2.75, 3.05) is 47.5 Å². The lowest BCUT2D eigenvalue weighted by Crippen LogP contribution is -2.37. The van der Waals surface area contributed by atoms with Gasteiger partial charge in [-0.2, -0.15) is 0 Å². The average molecular weight is 1150 g/mol. The van der Waals surface area contributed by atoms with E-state index in [1.165, 1.54) is 238 Å². The number of esters is 2. The molecule has 0 saturated carbocycles. The molecule has 0 radical (unpaired) electrons. The summed E-state index contributed by atoms with van der Waals surface area (Å²) in [6.45, 7) is 4.38. The van der Waals surface area contributed by atoms with E-state index in [0.29, 0.717) is 23.9 Å². The Bertz CT molecular complexity index is 1490. The first-order chi connectivity index (χ1) is 39.0. The van der Waals surface area contributed by atoms with Gasteiger partial charge in [0, 0.05) is 12.8 Å². The molecule has 0 heterocycles. The van der Waals surface area contributed by atoms with Crippen molar-refractivity contribution in [3.8, 4) is 0 Å². The van der Waals surface area contributed by atoms with E-state index in [1.807, 2.05) is 21.1 Å². The lowest BCUT2D eigenvalue weighted by atomic mass is 10.0. The van der Waals surface area contributed by atoms with Crippen LogP contribution in [0.15, 0.2) is 48.6 Å². The average Bonchev–Trinajstić information content (AvgIpc) is 3.42. The first-order valence-corrected chi connectivity index (χ1v) is 35.9. The van der Waals surface area contributed by atoms with Gasteiger partial charge in [-0.05, 0) is 51.4 Å². The summed E-state index contributed by atoms with van der Waals surface area (Å²) in [5.41, 5.74) is 0. The van der Waals surface area contributed by atoms with Crippen LogP contribution < -0.4 is 0 Å². The molecule has 80 heavy (non-hydrogen) atoms. The largest absolute Gasteiger partial charge is 0.472 e. The molecule has 2 unspecified atom stereocenters. The van der Waals surface area contributed by atoms with Crippen molar-refractivity contribution in [1.82, 2.24) is 0 Å². The molecule has 0 bridgehead atoms. The number of rotatable bonds is 64. The Hall–Kier alpha value is -2.03. The molecule has 10 heteroatoms. The molecule has 0 amide bonds. The fourth-order valence-corrected chi connectivity index (χ4v) is 10.9. The number of carbonyl (C=O) groups excluding carboxylic acids is 2. The van der Waals surface area contributed by atoms with Gasteiger partial charge >= 0.3 is 19.8 Å². The Labute approximate surface area is 496 Å². The molecule has 0 aromatic heterocycles. The zero-order valence-corrected chi connectivity index (χ0v) is 54.5. The first kappa shape index (κ1) is 78.0. The van der Waals surface area contributed by atoms with Crippen LogP contribution in [0.2, 0.25) is 0 Å². The summed E-state index contributed by atoms with van der Waals surface area (Å²) in [6, 6.07) is 0. The topological polar surface area (TPSA) is 108 Å². The highest BCUT2D eigenvalue weighted by Gasteiger charge is 2.27. The number of quaternary nitrogens is 1. The lowest BCUT2D eigenvalue weighted by molar-refractivity contribution is -0.870. The number of likely N-dealkylation sites (N-methyl/N-ethyl adjacent to an activating group) is 1. The van der Waals surface area contributed by atoms with Crippen LogP contribution in [0.5, 0.6) is 0 Å². The van der Waals surface area contributed by atoms with E-state index >= 15 is 0 Å². The summed E-state index contributed by atoms with van der Waals surface area (Å²) in [5, 5.41) is 0. The number of nitrogens with zero attached hydrogens (tertiary/aromatic N) is 1. The number of phosphoric acid groups is 1. The number of hydrogen-bond donors (Lipinski definition) is 1. The summed E-state index contributed by atoms with van der Waals surface area (Å²) in [4.78, 5) is 35.8. The molecule has 2 atom stereocenters. The molecule has 0 aliphatic rings. The third-order valence-electron chi connectivity index (χ3n) is 15.4. The minimum Gasteiger partial charge on any atom is -0.462 e. The van der Waals surface area contributed by atoms with Crippen LogP contribution in [0, 0.1) is 0 Å². The van der Waals surface area contributed by atoms with Gasteiger partial charge in [-0.25, -0.2) is 4.57 Å². The molecule has 0 aliphatic heterocycles. The van der Waals surface area contributed by atoms with Crippen molar-refractivity contribution in [2.45, 2.75) is 341 Å². The quantitative estimate of drug-likeness (QED) is 0.0211. The Kier molecular flexibility index (Phi) is 60.0. The van der Waals surface area contributed by atoms with Crippen molar-refractivity contribution < 1.29 is 42.1 Å². The molecular weight excluding hydrogens is 1010 g/mol. The smallest absolute Gasteiger partial charge is 0.462 e. The van der Waals surface area contributed by atoms with E-state index in [1.54, 1.807) is 0 Å². The van der Waals surface area contributed by atoms with E-state index in [9.17, 15) is 19.0 Å². The molecule has 0 aromatic carbocycles. The van der Waals surface area contributed by atoms with Gasteiger partial charge in [-0.3, -0.25) is 18.6 Å². The third kappa shape index (κ3) is 65.1. The molecule has 0 saturated heterocycles. The SMILES string of the molecule is CC/C=C\C/C=C\C/C=C\C/C=C\CCCCCCCCCCCCCCC(=O)OC(COC(=O)CCCCCCCCCCCCCCCCCCCCCCCCCCCCCCCCC)COP(=O)(O)OCC[N+](C)(C)C. The fourth-order valence-electron chi connectivity index (χ4n) is 10.1. The molecule has 0 aromatic rings. The predicted molar refractivity (Wildman–Crippen MR) is 344 cm³/mol. The van der Waals surface area contributed by atoms with Crippen molar-refractivity contribution in [3.05, 3.63) is 48.6 Å². The van der Waals surface area contributed by atoms with Gasteiger partial charge in [-0.1, -0.05) is 319 Å². The van der Waals surface area contributed by atoms with E-state index in [-0.39, 0.29) is 25.6 Å². The van der Waals surface area contributed by atoms with Gasteiger partial charge in [0.1, 0.15) is 19.8 Å². The summed E-state index contributed by atoms with van der Waals surface area (Å²) in [6.07, 6.45) is 79.3. The van der Waals surface area contributed by atoms with Crippen molar-refractivity contribution in [2.24, 2.45) is 0 Å². The van der Waals surface area contributed by atoms with Crippen LogP contribution in [0.1, 0.15) is 335 Å². The molecule has 9 nitrogen and oxygen atoms in total. The Morgan fingerprint density at radius 1 is 0.400 bits per heavy atom. The standard InChI is InChI=1S/C70H132NO8P/c1-6-8-10-12-14-16-18-20-22-24-26-28-30-32-33-34-35-36-37-39-40-42-44-46-48-50-52-54-56-58-60-62-69(72)76-66-68(67-78-80(74,75)77-65-64-71(3,4)5)79-70(73)63-61-59-57-55-53-51-49-47-45-43-41-38-31-29-27-25-23-21-19-17-15-13-11-9-7-2/h9,11,15,17,21,23,27,29,68H,6-8,10,12-14,16,18-20,22,24-26,28,30-67H2,1-5H3/p+1/b11-9-,17-15-,23-21-,29-27-. The number of allylic oxidation sites excluding steroid dienone is 8. The van der Waals surface area contributed by atoms with Crippen LogP contribution in [-0.4, -0.2) is 74.9 Å². The summed E-state index contributed by atoms with van der Waals surface area (Å²) < 4.78 is 34.7. The van der Waals surface area contributed by atoms with Crippen LogP contribution in [0.4, 0.5) is 0 Å². The van der Waals surface area contributed by atoms with E-state index in [4.69, 9.17) is 18.5 Å². The molecule has 0 fully saturated rings. The van der Waals surface area contributed by atoms with Crippen LogP contribution >= 0.6 is 7.82 Å². The number of unbranched alkanes of at least 4 members (excludes halogenated alkanes) is 42. The Morgan fingerprint density at radius 3 is 1.06 bits per heavy atom.